The topological polar surface area (TPSA) is 38.3 Å². The lowest BCUT2D eigenvalue weighted by Gasteiger charge is -2.46. The molecule has 1 N–H and O–H groups in total. The van der Waals surface area contributed by atoms with Crippen molar-refractivity contribution in [3.05, 3.63) is 70.9 Å². The van der Waals surface area contributed by atoms with Gasteiger partial charge in [-0.25, -0.2) is 4.39 Å². The Morgan fingerprint density at radius 2 is 1.93 bits per heavy atom. The molecule has 0 aliphatic carbocycles. The molecule has 3 rings (SSSR count). The van der Waals surface area contributed by atoms with Crippen LogP contribution in [0.4, 0.5) is 4.39 Å². The number of carbonyl (C=O) groups is 1. The average molecular weight is 403 g/mol. The van der Waals surface area contributed by atoms with Gasteiger partial charge in [0.15, 0.2) is 0 Å². The molecular weight excluding hydrogens is 377 g/mol. The molecule has 1 aliphatic rings. The van der Waals surface area contributed by atoms with E-state index < -0.39 is 17.0 Å². The van der Waals surface area contributed by atoms with E-state index in [0.717, 1.165) is 37.0 Å². The zero-order valence-electron chi connectivity index (χ0n) is 16.5. The normalized spacial score (nSPS) is 20.2. The summed E-state index contributed by atoms with van der Waals surface area (Å²) < 4.78 is 19.6. The molecule has 0 bridgehead atoms. The molecule has 0 spiro atoms. The molecule has 1 aliphatic heterocycles. The Kier molecular flexibility index (Phi) is 5.99. The lowest BCUT2D eigenvalue weighted by atomic mass is 9.74. The number of unbranched alkanes of at least 4 members (excludes halogenated alkanes) is 2. The first-order valence-electron chi connectivity index (χ1n) is 9.69. The van der Waals surface area contributed by atoms with Crippen LogP contribution in [0.2, 0.25) is 5.02 Å². The largest absolute Gasteiger partial charge is 0.487 e. The van der Waals surface area contributed by atoms with Crippen LogP contribution in [-0.2, 0) is 5.54 Å². The Bertz CT molecular complexity index is 867. The predicted molar refractivity (Wildman–Crippen MR) is 110 cm³/mol. The predicted octanol–water partition coefficient (Wildman–Crippen LogP) is 6.06. The van der Waals surface area contributed by atoms with E-state index >= 15 is 0 Å². The summed E-state index contributed by atoms with van der Waals surface area (Å²) in [6.07, 6.45) is 5.94. The van der Waals surface area contributed by atoms with E-state index in [1.807, 2.05) is 38.1 Å². The molecule has 0 unspecified atom stereocenters. The molecule has 28 heavy (non-hydrogen) atoms. The van der Waals surface area contributed by atoms with Gasteiger partial charge in [0.05, 0.1) is 10.6 Å². The number of para-hydroxylation sites is 1. The molecule has 5 heteroatoms. The zero-order chi connectivity index (χ0) is 20.4. The van der Waals surface area contributed by atoms with Crippen molar-refractivity contribution >= 4 is 17.5 Å². The van der Waals surface area contributed by atoms with Gasteiger partial charge in [-0.3, -0.25) is 4.79 Å². The Morgan fingerprint density at radius 3 is 2.64 bits per heavy atom. The summed E-state index contributed by atoms with van der Waals surface area (Å²) in [6, 6.07) is 11.8. The number of hydrogen-bond donors (Lipinski definition) is 1. The highest BCUT2D eigenvalue weighted by atomic mass is 35.5. The maximum absolute atomic E-state index is 13.5. The smallest absolute Gasteiger partial charge is 0.252 e. The van der Waals surface area contributed by atoms with E-state index in [1.54, 1.807) is 0 Å². The highest BCUT2D eigenvalue weighted by Crippen LogP contribution is 2.45. The number of halogens is 2. The fourth-order valence-electron chi connectivity index (χ4n) is 3.85. The summed E-state index contributed by atoms with van der Waals surface area (Å²) >= 11 is 5.88. The monoisotopic (exact) mass is 402 g/mol. The number of fused-ring (bicyclic) bond motifs is 1. The molecule has 3 nitrogen and oxygen atoms in total. The summed E-state index contributed by atoms with van der Waals surface area (Å²) in [6.45, 7) is 6.12. The standard InChI is InChI=1S/C23H26ClFNO2/c1-4-5-8-13-23(26-21(27)16-11-12-19(25)18(24)14-16)15-22(2,3)28-20-10-7-6-9-17(20)23/h6-7,9-12,14-15H,4-5,8,13H2,1-3H3,(H,26,27)/t23-/m1/s1. The lowest BCUT2D eigenvalue weighted by Crippen LogP contribution is -2.54. The summed E-state index contributed by atoms with van der Waals surface area (Å²) in [5, 5.41) is 3.15. The third kappa shape index (κ3) is 4.33. The minimum absolute atomic E-state index is 0.0654. The van der Waals surface area contributed by atoms with Crippen LogP contribution < -0.4 is 10.1 Å². The van der Waals surface area contributed by atoms with Crippen molar-refractivity contribution in [2.45, 2.75) is 57.6 Å². The third-order valence-electron chi connectivity index (χ3n) is 5.03. The minimum Gasteiger partial charge on any atom is -0.487 e. The molecule has 1 amide bonds. The van der Waals surface area contributed by atoms with E-state index in [2.05, 4.69) is 18.7 Å². The second-order valence-corrected chi connectivity index (χ2v) is 8.26. The van der Waals surface area contributed by atoms with Crippen molar-refractivity contribution in [2.24, 2.45) is 0 Å². The average Bonchev–Trinajstić information content (AvgIpc) is 2.63. The second-order valence-electron chi connectivity index (χ2n) is 7.86. The fourth-order valence-corrected chi connectivity index (χ4v) is 4.03. The number of nitrogens with one attached hydrogen (secondary N) is 1. The number of hydrogen-bond acceptors (Lipinski definition) is 2. The number of carbonyl (C=O) groups excluding carboxylic acids is 1. The van der Waals surface area contributed by atoms with E-state index in [0.29, 0.717) is 5.56 Å². The highest BCUT2D eigenvalue weighted by molar-refractivity contribution is 6.31. The van der Waals surface area contributed by atoms with Crippen molar-refractivity contribution in [3.63, 3.8) is 0 Å². The zero-order valence-corrected chi connectivity index (χ0v) is 17.3. The van der Waals surface area contributed by atoms with E-state index in [9.17, 15) is 9.18 Å². The summed E-state index contributed by atoms with van der Waals surface area (Å²) in [4.78, 5) is 13.1. The van der Waals surface area contributed by atoms with Gasteiger partial charge in [0.2, 0.25) is 0 Å². The van der Waals surface area contributed by atoms with Gasteiger partial charge in [-0.05, 0) is 44.5 Å². The van der Waals surface area contributed by atoms with Crippen molar-refractivity contribution in [1.29, 1.82) is 0 Å². The van der Waals surface area contributed by atoms with Gasteiger partial charge in [0.25, 0.3) is 5.91 Å². The van der Waals surface area contributed by atoms with Crippen LogP contribution in [0.15, 0.2) is 42.5 Å². The molecule has 0 saturated heterocycles. The molecular formula is C23H26ClFNO2. The van der Waals surface area contributed by atoms with E-state index in [1.165, 1.54) is 18.2 Å². The second kappa shape index (κ2) is 8.12. The van der Waals surface area contributed by atoms with E-state index in [-0.39, 0.29) is 10.9 Å². The van der Waals surface area contributed by atoms with Gasteiger partial charge >= 0.3 is 0 Å². The lowest BCUT2D eigenvalue weighted by molar-refractivity contribution is 0.0726. The first-order chi connectivity index (χ1) is 13.3. The first kappa shape index (κ1) is 20.7. The van der Waals surface area contributed by atoms with Crippen LogP contribution in [-0.4, -0.2) is 11.5 Å². The maximum atomic E-state index is 13.5. The SMILES string of the molecule is CCCCC[C@@]1(NC(=O)c2ccc(F)c(Cl)c2)[CH]C(C)(C)Oc2ccccc21. The Hall–Kier alpha value is -2.07. The molecule has 0 aromatic heterocycles. The van der Waals surface area contributed by atoms with Gasteiger partial charge in [-0.1, -0.05) is 56.0 Å². The van der Waals surface area contributed by atoms with Gasteiger partial charge in [0, 0.05) is 17.5 Å². The number of ether oxygens (including phenoxy) is 1. The highest BCUT2D eigenvalue weighted by Gasteiger charge is 2.46. The van der Waals surface area contributed by atoms with Crippen molar-refractivity contribution < 1.29 is 13.9 Å². The Labute approximate surface area is 171 Å². The third-order valence-corrected chi connectivity index (χ3v) is 5.32. The molecule has 0 saturated carbocycles. The van der Waals surface area contributed by atoms with Crippen LogP contribution in [0.1, 0.15) is 62.4 Å². The molecule has 1 heterocycles. The van der Waals surface area contributed by atoms with Crippen molar-refractivity contribution in [2.75, 3.05) is 0 Å². The molecule has 1 atom stereocenters. The van der Waals surface area contributed by atoms with Crippen molar-refractivity contribution in [1.82, 2.24) is 5.32 Å². The molecule has 0 fully saturated rings. The van der Waals surface area contributed by atoms with Gasteiger partial charge in [-0.2, -0.15) is 0 Å². The summed E-state index contributed by atoms with van der Waals surface area (Å²) in [5.74, 6) is -0.0638. The number of rotatable bonds is 6. The first-order valence-corrected chi connectivity index (χ1v) is 10.1. The number of benzene rings is 2. The van der Waals surface area contributed by atoms with Gasteiger partial charge in [-0.15, -0.1) is 0 Å². The Morgan fingerprint density at radius 1 is 1.18 bits per heavy atom. The van der Waals surface area contributed by atoms with Crippen LogP contribution in [0, 0.1) is 12.2 Å². The van der Waals surface area contributed by atoms with Crippen LogP contribution in [0.3, 0.4) is 0 Å². The maximum Gasteiger partial charge on any atom is 0.252 e. The van der Waals surface area contributed by atoms with Crippen LogP contribution >= 0.6 is 11.6 Å². The van der Waals surface area contributed by atoms with Crippen LogP contribution in [0.5, 0.6) is 5.75 Å². The molecule has 2 aromatic rings. The van der Waals surface area contributed by atoms with Gasteiger partial charge in [0.1, 0.15) is 17.2 Å². The molecule has 149 valence electrons. The van der Waals surface area contributed by atoms with Crippen LogP contribution in [0.25, 0.3) is 0 Å². The fraction of sp³-hybridized carbons (Fsp3) is 0.391. The van der Waals surface area contributed by atoms with Gasteiger partial charge < -0.3 is 10.1 Å². The van der Waals surface area contributed by atoms with E-state index in [4.69, 9.17) is 16.3 Å². The molecule has 2 aromatic carbocycles. The number of amides is 1. The molecule has 1 radical (unpaired) electrons. The van der Waals surface area contributed by atoms with Crippen molar-refractivity contribution in [3.8, 4) is 5.75 Å². The summed E-state index contributed by atoms with van der Waals surface area (Å²) in [5.41, 5.74) is 0.0446. The Balaban J connectivity index is 2.00. The summed E-state index contributed by atoms with van der Waals surface area (Å²) in [7, 11) is 0. The minimum atomic E-state index is -0.675. The quantitative estimate of drug-likeness (QED) is 0.596.